The number of nitrogens with zero attached hydrogens (tertiary/aromatic N) is 1. The second-order valence-electron chi connectivity index (χ2n) is 2.96. The maximum atomic E-state index is 8.84. The number of halogens is 1. The largest absolute Gasteiger partial charge is 0.735 e. The third-order valence-corrected chi connectivity index (χ3v) is 2.29. The summed E-state index contributed by atoms with van der Waals surface area (Å²) in [5.41, 5.74) is 0. The number of hydrogen-bond donors (Lipinski definition) is 0. The smallest absolute Gasteiger partial charge is 0.181 e. The summed E-state index contributed by atoms with van der Waals surface area (Å²) < 4.78 is 27.7. The molecule has 0 unspecified atom stereocenters. The summed E-state index contributed by atoms with van der Waals surface area (Å²) in [6, 6.07) is 0. The lowest BCUT2D eigenvalue weighted by molar-refractivity contribution is -0.904. The molecule has 0 aliphatic carbocycles. The fourth-order valence-corrected chi connectivity index (χ4v) is 0.671. The predicted octanol–water partition coefficient (Wildman–Crippen LogP) is 1.18. The van der Waals surface area contributed by atoms with Gasteiger partial charge in [0.2, 0.25) is 0 Å². The van der Waals surface area contributed by atoms with Crippen molar-refractivity contribution in [2.75, 3.05) is 26.7 Å². The fourth-order valence-electron chi connectivity index (χ4n) is 0.671. The lowest BCUT2D eigenvalue weighted by atomic mass is 10.4. The van der Waals surface area contributed by atoms with Crippen LogP contribution in [-0.4, -0.2) is 44.1 Å². The molecule has 0 atom stereocenters. The molecular weight excluding hydrogens is 214 g/mol. The van der Waals surface area contributed by atoms with Crippen molar-refractivity contribution in [2.24, 2.45) is 0 Å². The van der Waals surface area contributed by atoms with Crippen molar-refractivity contribution >= 4 is 20.0 Å². The Morgan fingerprint density at radius 2 is 1.31 bits per heavy atom. The van der Waals surface area contributed by atoms with Gasteiger partial charge in [-0.15, -0.1) is 0 Å². The van der Waals surface area contributed by atoms with E-state index in [9.17, 15) is 0 Å². The molecule has 0 bridgehead atoms. The standard InChI is InChI=1S/C7H18N.ClHO3S/c1-5-8(4,6-2)7-3;1-5(2,3)4/h5-7H2,1-4H3;(H,2,3,4)/q+1;/p-1. The van der Waals surface area contributed by atoms with E-state index in [-0.39, 0.29) is 0 Å². The first-order chi connectivity index (χ1) is 5.68. The lowest BCUT2D eigenvalue weighted by Gasteiger charge is -2.30. The van der Waals surface area contributed by atoms with E-state index in [1.54, 1.807) is 0 Å². The molecule has 0 saturated carbocycles. The Balaban J connectivity index is 0. The average Bonchev–Trinajstić information content (AvgIpc) is 2.00. The first-order valence-corrected chi connectivity index (χ1v) is 6.41. The Hall–Kier alpha value is 0.160. The molecule has 82 valence electrons. The summed E-state index contributed by atoms with van der Waals surface area (Å²) in [6.45, 7) is 10.5. The third-order valence-electron chi connectivity index (χ3n) is 2.29. The Morgan fingerprint density at radius 3 is 1.31 bits per heavy atom. The van der Waals surface area contributed by atoms with E-state index in [2.05, 4.69) is 38.5 Å². The number of quaternary nitrogens is 1. The molecule has 0 aliphatic heterocycles. The van der Waals surface area contributed by atoms with E-state index in [4.69, 9.17) is 13.0 Å². The minimum Gasteiger partial charge on any atom is -0.735 e. The van der Waals surface area contributed by atoms with Crippen LogP contribution in [0.1, 0.15) is 20.8 Å². The maximum Gasteiger partial charge on any atom is 0.181 e. The van der Waals surface area contributed by atoms with Crippen molar-refractivity contribution in [2.45, 2.75) is 20.8 Å². The van der Waals surface area contributed by atoms with Crippen LogP contribution >= 0.6 is 10.7 Å². The van der Waals surface area contributed by atoms with Crippen molar-refractivity contribution in [3.63, 3.8) is 0 Å². The molecule has 0 fully saturated rings. The molecule has 0 heterocycles. The van der Waals surface area contributed by atoms with Gasteiger partial charge in [-0.25, -0.2) is 8.42 Å². The molecule has 0 radical (unpaired) electrons. The molecule has 4 nitrogen and oxygen atoms in total. The van der Waals surface area contributed by atoms with Gasteiger partial charge in [0, 0.05) is 10.7 Å². The molecule has 6 heteroatoms. The molecule has 0 amide bonds. The first-order valence-electron chi connectivity index (χ1n) is 4.17. The number of rotatable bonds is 3. The van der Waals surface area contributed by atoms with Crippen molar-refractivity contribution < 1.29 is 17.5 Å². The first kappa shape index (κ1) is 15.6. The van der Waals surface area contributed by atoms with Crippen LogP contribution in [0.3, 0.4) is 0 Å². The van der Waals surface area contributed by atoms with Crippen molar-refractivity contribution in [1.29, 1.82) is 0 Å². The van der Waals surface area contributed by atoms with Crippen molar-refractivity contribution in [3.8, 4) is 0 Å². The number of hydrogen-bond acceptors (Lipinski definition) is 3. The van der Waals surface area contributed by atoms with Crippen LogP contribution < -0.4 is 0 Å². The van der Waals surface area contributed by atoms with Crippen molar-refractivity contribution in [1.82, 2.24) is 0 Å². The van der Waals surface area contributed by atoms with E-state index >= 15 is 0 Å². The monoisotopic (exact) mass is 231 g/mol. The quantitative estimate of drug-likeness (QED) is 0.416. The Morgan fingerprint density at radius 1 is 1.15 bits per heavy atom. The van der Waals surface area contributed by atoms with Crippen LogP contribution in [0.4, 0.5) is 0 Å². The van der Waals surface area contributed by atoms with Gasteiger partial charge >= 0.3 is 0 Å². The molecule has 0 aliphatic rings. The topological polar surface area (TPSA) is 57.2 Å². The third kappa shape index (κ3) is 15.0. The van der Waals surface area contributed by atoms with Gasteiger partial charge in [0.1, 0.15) is 0 Å². The molecule has 13 heavy (non-hydrogen) atoms. The van der Waals surface area contributed by atoms with Gasteiger partial charge in [0.15, 0.2) is 9.33 Å². The van der Waals surface area contributed by atoms with Gasteiger partial charge in [-0.3, -0.25) is 0 Å². The molecule has 0 N–H and O–H groups in total. The second-order valence-corrected chi connectivity index (χ2v) is 4.88. The van der Waals surface area contributed by atoms with E-state index in [0.717, 1.165) is 0 Å². The highest BCUT2D eigenvalue weighted by molar-refractivity contribution is 8.09. The Bertz CT molecular complexity index is 196. The molecule has 0 aromatic rings. The molecule has 0 spiro atoms. The van der Waals surface area contributed by atoms with Crippen LogP contribution in [0.15, 0.2) is 0 Å². The summed E-state index contributed by atoms with van der Waals surface area (Å²) in [7, 11) is 1.79. The average molecular weight is 232 g/mol. The molecule has 0 aromatic heterocycles. The lowest BCUT2D eigenvalue weighted by Crippen LogP contribution is -2.42. The zero-order chi connectivity index (χ0) is 11.1. The van der Waals surface area contributed by atoms with Crippen LogP contribution in [0.2, 0.25) is 0 Å². The van der Waals surface area contributed by atoms with Crippen LogP contribution in [-0.2, 0) is 9.33 Å². The fraction of sp³-hybridized carbons (Fsp3) is 1.00. The zero-order valence-electron chi connectivity index (χ0n) is 8.58. The second kappa shape index (κ2) is 6.59. The summed E-state index contributed by atoms with van der Waals surface area (Å²) in [5, 5.41) is 0. The molecule has 0 saturated heterocycles. The maximum absolute atomic E-state index is 8.84. The van der Waals surface area contributed by atoms with Gasteiger partial charge in [0.25, 0.3) is 0 Å². The van der Waals surface area contributed by atoms with Crippen LogP contribution in [0, 0.1) is 0 Å². The van der Waals surface area contributed by atoms with E-state index < -0.39 is 9.33 Å². The normalized spacial score (nSPS) is 11.8. The van der Waals surface area contributed by atoms with Gasteiger partial charge in [0.05, 0.1) is 26.7 Å². The highest BCUT2D eigenvalue weighted by atomic mass is 35.7. The Labute approximate surface area is 85.3 Å². The summed E-state index contributed by atoms with van der Waals surface area (Å²) in [4.78, 5) is 0. The highest BCUT2D eigenvalue weighted by Gasteiger charge is 2.10. The van der Waals surface area contributed by atoms with E-state index in [0.29, 0.717) is 0 Å². The van der Waals surface area contributed by atoms with Gasteiger partial charge in [-0.2, -0.15) is 0 Å². The predicted molar refractivity (Wildman–Crippen MR) is 53.4 cm³/mol. The molecule has 0 aromatic carbocycles. The molecular formula is C7H18ClNO3S. The summed E-state index contributed by atoms with van der Waals surface area (Å²) in [6.07, 6.45) is 0. The van der Waals surface area contributed by atoms with Crippen molar-refractivity contribution in [3.05, 3.63) is 0 Å². The van der Waals surface area contributed by atoms with Crippen LogP contribution in [0.5, 0.6) is 0 Å². The zero-order valence-corrected chi connectivity index (χ0v) is 10.2. The summed E-state index contributed by atoms with van der Waals surface area (Å²) >= 11 is 0. The van der Waals surface area contributed by atoms with Crippen LogP contribution in [0.25, 0.3) is 0 Å². The van der Waals surface area contributed by atoms with E-state index in [1.807, 2.05) is 0 Å². The minimum absolute atomic E-state index is 1.21. The minimum atomic E-state index is -4.44. The van der Waals surface area contributed by atoms with Gasteiger partial charge in [-0.05, 0) is 20.8 Å². The SMILES string of the molecule is CC[N+](C)(CC)CC.O=S(=O)([O-])Cl. The highest BCUT2D eigenvalue weighted by Crippen LogP contribution is 1.97. The van der Waals surface area contributed by atoms with E-state index in [1.165, 1.54) is 24.1 Å². The molecule has 0 rings (SSSR count). The van der Waals surface area contributed by atoms with Gasteiger partial charge < -0.3 is 9.04 Å². The Kier molecular flexibility index (Phi) is 7.92. The van der Waals surface area contributed by atoms with Gasteiger partial charge in [-0.1, -0.05) is 0 Å². The summed E-state index contributed by atoms with van der Waals surface area (Å²) in [5.74, 6) is 0.